The van der Waals surface area contributed by atoms with Gasteiger partial charge in [0, 0.05) is 28.2 Å². The van der Waals surface area contributed by atoms with Crippen molar-refractivity contribution >= 4 is 27.1 Å². The summed E-state index contributed by atoms with van der Waals surface area (Å²) in [5.74, 6) is 0. The molecule has 0 aliphatic heterocycles. The number of benzene rings is 1. The molecule has 26 heavy (non-hydrogen) atoms. The molecule has 4 aromatic heterocycles. The molecule has 6 heteroatoms. The normalized spacial score (nSPS) is 12.7. The number of pyridine rings is 1. The van der Waals surface area contributed by atoms with Crippen LogP contribution in [0.25, 0.3) is 26.2 Å². The van der Waals surface area contributed by atoms with Crippen molar-refractivity contribution in [3.63, 3.8) is 0 Å². The van der Waals surface area contributed by atoms with Gasteiger partial charge in [-0.05, 0) is 41.3 Å². The highest BCUT2D eigenvalue weighted by Gasteiger charge is 2.15. The van der Waals surface area contributed by atoms with Gasteiger partial charge in [-0.1, -0.05) is 18.2 Å². The molecule has 0 aliphatic rings. The molecule has 1 aromatic carbocycles. The standard InChI is InChI=1S/C20H15N5S/c21-19(13-5-8-22-9-6-13)16-7-10-25-20(24-16)15(12-23-25)18-11-14-3-1-2-4-17(14)26-18/h1-12,19H,21H2. The Morgan fingerprint density at radius 3 is 2.73 bits per heavy atom. The van der Waals surface area contributed by atoms with Crippen LogP contribution in [-0.2, 0) is 0 Å². The summed E-state index contributed by atoms with van der Waals surface area (Å²) in [7, 11) is 0. The number of hydrogen-bond acceptors (Lipinski definition) is 5. The van der Waals surface area contributed by atoms with E-state index in [-0.39, 0.29) is 6.04 Å². The van der Waals surface area contributed by atoms with E-state index in [1.807, 2.05) is 30.6 Å². The molecule has 0 aliphatic carbocycles. The summed E-state index contributed by atoms with van der Waals surface area (Å²) < 4.78 is 3.05. The molecular formula is C20H15N5S. The SMILES string of the molecule is NC(c1ccncc1)c1ccn2ncc(-c3cc4ccccc4s3)c2n1. The molecule has 5 rings (SSSR count). The van der Waals surface area contributed by atoms with Gasteiger partial charge < -0.3 is 5.73 Å². The minimum absolute atomic E-state index is 0.298. The number of rotatable bonds is 3. The molecule has 2 N–H and O–H groups in total. The Kier molecular flexibility index (Phi) is 3.51. The van der Waals surface area contributed by atoms with Gasteiger partial charge in [-0.2, -0.15) is 5.10 Å². The van der Waals surface area contributed by atoms with E-state index >= 15 is 0 Å². The summed E-state index contributed by atoms with van der Waals surface area (Å²) in [6, 6.07) is 16.0. The van der Waals surface area contributed by atoms with Crippen LogP contribution in [0, 0.1) is 0 Å². The molecule has 0 saturated carbocycles. The van der Waals surface area contributed by atoms with E-state index < -0.39 is 0 Å². The molecule has 4 heterocycles. The number of fused-ring (bicyclic) bond motifs is 2. The third-order valence-electron chi connectivity index (χ3n) is 4.47. The van der Waals surface area contributed by atoms with Crippen LogP contribution in [0.1, 0.15) is 17.3 Å². The van der Waals surface area contributed by atoms with Gasteiger partial charge in [-0.15, -0.1) is 11.3 Å². The fraction of sp³-hybridized carbons (Fsp3) is 0.0500. The lowest BCUT2D eigenvalue weighted by Gasteiger charge is -2.11. The van der Waals surface area contributed by atoms with Gasteiger partial charge in [0.25, 0.3) is 0 Å². The maximum atomic E-state index is 6.41. The molecule has 0 amide bonds. The minimum Gasteiger partial charge on any atom is -0.319 e. The van der Waals surface area contributed by atoms with Crippen LogP contribution in [0.15, 0.2) is 73.3 Å². The molecule has 1 unspecified atom stereocenters. The van der Waals surface area contributed by atoms with Gasteiger partial charge in [-0.3, -0.25) is 4.98 Å². The lowest BCUT2D eigenvalue weighted by atomic mass is 10.1. The molecule has 1 atom stereocenters. The fourth-order valence-corrected chi connectivity index (χ4v) is 4.15. The molecular weight excluding hydrogens is 342 g/mol. The Hall–Kier alpha value is -3.09. The van der Waals surface area contributed by atoms with Crippen molar-refractivity contribution in [2.75, 3.05) is 0 Å². The Morgan fingerprint density at radius 1 is 1.04 bits per heavy atom. The number of thiophene rings is 1. The molecule has 0 saturated heterocycles. The predicted octanol–water partition coefficient (Wildman–Crippen LogP) is 4.05. The van der Waals surface area contributed by atoms with Crippen LogP contribution in [-0.4, -0.2) is 19.6 Å². The van der Waals surface area contributed by atoms with Crippen LogP contribution >= 0.6 is 11.3 Å². The van der Waals surface area contributed by atoms with Crippen LogP contribution in [0.5, 0.6) is 0 Å². The number of nitrogens with two attached hydrogens (primary N) is 1. The second kappa shape index (κ2) is 6.01. The van der Waals surface area contributed by atoms with Crippen LogP contribution in [0.3, 0.4) is 0 Å². The molecule has 126 valence electrons. The Morgan fingerprint density at radius 2 is 1.88 bits per heavy atom. The average Bonchev–Trinajstić information content (AvgIpc) is 3.31. The van der Waals surface area contributed by atoms with E-state index in [1.165, 1.54) is 10.1 Å². The van der Waals surface area contributed by atoms with E-state index in [0.29, 0.717) is 0 Å². The van der Waals surface area contributed by atoms with Gasteiger partial charge in [0.1, 0.15) is 0 Å². The Bertz CT molecular complexity index is 1180. The van der Waals surface area contributed by atoms with Crippen molar-refractivity contribution in [2.24, 2.45) is 5.73 Å². The summed E-state index contributed by atoms with van der Waals surface area (Å²) >= 11 is 1.75. The number of nitrogens with zero attached hydrogens (tertiary/aromatic N) is 4. The van der Waals surface area contributed by atoms with Crippen LogP contribution in [0.4, 0.5) is 0 Å². The highest BCUT2D eigenvalue weighted by Crippen LogP contribution is 2.35. The first-order valence-corrected chi connectivity index (χ1v) is 9.10. The third-order valence-corrected chi connectivity index (χ3v) is 5.61. The first kappa shape index (κ1) is 15.2. The lowest BCUT2D eigenvalue weighted by molar-refractivity contribution is 0.812. The summed E-state index contributed by atoms with van der Waals surface area (Å²) in [6.45, 7) is 0. The van der Waals surface area contributed by atoms with Crippen molar-refractivity contribution in [3.8, 4) is 10.4 Å². The maximum absolute atomic E-state index is 6.41. The lowest BCUT2D eigenvalue weighted by Crippen LogP contribution is -2.14. The fourth-order valence-electron chi connectivity index (χ4n) is 3.09. The second-order valence-electron chi connectivity index (χ2n) is 6.09. The van der Waals surface area contributed by atoms with E-state index in [2.05, 4.69) is 40.4 Å². The summed E-state index contributed by atoms with van der Waals surface area (Å²) in [5, 5.41) is 5.68. The molecule has 5 nitrogen and oxygen atoms in total. The Balaban J connectivity index is 1.63. The van der Waals surface area contributed by atoms with Crippen LogP contribution in [0.2, 0.25) is 0 Å². The quantitative estimate of drug-likeness (QED) is 0.529. The van der Waals surface area contributed by atoms with E-state index in [0.717, 1.165) is 27.3 Å². The zero-order chi connectivity index (χ0) is 17.5. The largest absolute Gasteiger partial charge is 0.319 e. The average molecular weight is 357 g/mol. The summed E-state index contributed by atoms with van der Waals surface area (Å²) in [6.07, 6.45) is 7.27. The molecule has 0 bridgehead atoms. The topological polar surface area (TPSA) is 69.1 Å². The first-order chi connectivity index (χ1) is 12.8. The third kappa shape index (κ3) is 2.47. The first-order valence-electron chi connectivity index (χ1n) is 8.28. The Labute approximate surface area is 153 Å². The van der Waals surface area contributed by atoms with Crippen LogP contribution < -0.4 is 5.73 Å². The predicted molar refractivity (Wildman–Crippen MR) is 104 cm³/mol. The van der Waals surface area contributed by atoms with Crippen molar-refractivity contribution in [1.29, 1.82) is 0 Å². The molecule has 0 radical (unpaired) electrons. The van der Waals surface area contributed by atoms with Gasteiger partial charge in [0.2, 0.25) is 0 Å². The van der Waals surface area contributed by atoms with Gasteiger partial charge in [0.05, 0.1) is 23.5 Å². The van der Waals surface area contributed by atoms with E-state index in [1.54, 1.807) is 28.2 Å². The van der Waals surface area contributed by atoms with Crippen molar-refractivity contribution in [1.82, 2.24) is 19.6 Å². The highest BCUT2D eigenvalue weighted by atomic mass is 32.1. The summed E-state index contributed by atoms with van der Waals surface area (Å²) in [5.41, 5.74) is 10.0. The number of aromatic nitrogens is 4. The monoisotopic (exact) mass is 357 g/mol. The van der Waals surface area contributed by atoms with E-state index in [9.17, 15) is 0 Å². The minimum atomic E-state index is -0.298. The van der Waals surface area contributed by atoms with Gasteiger partial charge in [-0.25, -0.2) is 9.50 Å². The van der Waals surface area contributed by atoms with E-state index in [4.69, 9.17) is 10.7 Å². The van der Waals surface area contributed by atoms with Gasteiger partial charge in [0.15, 0.2) is 5.65 Å². The van der Waals surface area contributed by atoms with Crippen molar-refractivity contribution < 1.29 is 0 Å². The number of hydrogen-bond donors (Lipinski definition) is 1. The van der Waals surface area contributed by atoms with Crippen molar-refractivity contribution in [2.45, 2.75) is 6.04 Å². The zero-order valence-electron chi connectivity index (χ0n) is 13.8. The second-order valence-corrected chi connectivity index (χ2v) is 7.17. The maximum Gasteiger partial charge on any atom is 0.163 e. The summed E-state index contributed by atoms with van der Waals surface area (Å²) in [4.78, 5) is 10.0. The molecule has 5 aromatic rings. The highest BCUT2D eigenvalue weighted by molar-refractivity contribution is 7.22. The molecule has 0 fully saturated rings. The zero-order valence-corrected chi connectivity index (χ0v) is 14.6. The smallest absolute Gasteiger partial charge is 0.163 e. The van der Waals surface area contributed by atoms with Gasteiger partial charge >= 0.3 is 0 Å². The molecule has 0 spiro atoms. The van der Waals surface area contributed by atoms with Crippen molar-refractivity contribution in [3.05, 3.63) is 84.6 Å².